The summed E-state index contributed by atoms with van der Waals surface area (Å²) in [6, 6.07) is 13.3. The van der Waals surface area contributed by atoms with E-state index in [4.69, 9.17) is 0 Å². The van der Waals surface area contributed by atoms with Crippen molar-refractivity contribution in [2.24, 2.45) is 0 Å². The zero-order valence-electron chi connectivity index (χ0n) is 14.9. The van der Waals surface area contributed by atoms with Crippen molar-refractivity contribution in [1.82, 2.24) is 4.31 Å². The van der Waals surface area contributed by atoms with Crippen molar-refractivity contribution >= 4 is 37.5 Å². The van der Waals surface area contributed by atoms with E-state index in [-0.39, 0.29) is 10.8 Å². The average Bonchev–Trinajstić information content (AvgIpc) is 2.62. The predicted octanol–water partition coefficient (Wildman–Crippen LogP) is 4.51. The Morgan fingerprint density at radius 1 is 0.962 bits per heavy atom. The van der Waals surface area contributed by atoms with Crippen LogP contribution in [0.15, 0.2) is 57.9 Å². The van der Waals surface area contributed by atoms with Crippen LogP contribution in [0.3, 0.4) is 0 Å². The quantitative estimate of drug-likeness (QED) is 0.658. The van der Waals surface area contributed by atoms with Crippen LogP contribution >= 0.6 is 15.9 Å². The van der Waals surface area contributed by atoms with Crippen LogP contribution in [0.5, 0.6) is 0 Å². The van der Waals surface area contributed by atoms with Gasteiger partial charge in [-0.15, -0.1) is 0 Å². The number of carbonyl (C=O) groups excluding carboxylic acids is 1. The van der Waals surface area contributed by atoms with Crippen LogP contribution in [-0.2, 0) is 10.0 Å². The first-order chi connectivity index (χ1) is 12.4. The maximum atomic E-state index is 12.7. The summed E-state index contributed by atoms with van der Waals surface area (Å²) in [7, 11) is -3.51. The third kappa shape index (κ3) is 5.16. The summed E-state index contributed by atoms with van der Waals surface area (Å²) in [5.41, 5.74) is 1.08. The van der Waals surface area contributed by atoms with Crippen LogP contribution < -0.4 is 5.32 Å². The standard InChI is InChI=1S/C19H23BrN2O3S/c1-3-13-22(14-4-2)26(24,25)18-11-9-17(10-12-18)21-19(23)15-5-7-16(20)8-6-15/h5-12H,3-4,13-14H2,1-2H3,(H,21,23). The van der Waals surface area contributed by atoms with Crippen LogP contribution in [-0.4, -0.2) is 31.7 Å². The van der Waals surface area contributed by atoms with Gasteiger partial charge in [0.15, 0.2) is 0 Å². The molecule has 0 spiro atoms. The Hall–Kier alpha value is -1.70. The molecule has 1 amide bonds. The zero-order chi connectivity index (χ0) is 19.2. The second kappa shape index (κ2) is 9.30. The minimum Gasteiger partial charge on any atom is -0.322 e. The third-order valence-electron chi connectivity index (χ3n) is 3.80. The number of hydrogen-bond donors (Lipinski definition) is 1. The first-order valence-corrected chi connectivity index (χ1v) is 10.8. The van der Waals surface area contributed by atoms with Crippen molar-refractivity contribution in [3.8, 4) is 0 Å². The van der Waals surface area contributed by atoms with E-state index in [0.29, 0.717) is 24.3 Å². The molecule has 7 heteroatoms. The fourth-order valence-corrected chi connectivity index (χ4v) is 4.40. The highest BCUT2D eigenvalue weighted by Gasteiger charge is 2.22. The molecule has 0 aliphatic rings. The van der Waals surface area contributed by atoms with E-state index in [0.717, 1.165) is 17.3 Å². The lowest BCUT2D eigenvalue weighted by Gasteiger charge is -2.21. The largest absolute Gasteiger partial charge is 0.322 e. The van der Waals surface area contributed by atoms with E-state index in [1.54, 1.807) is 36.4 Å². The number of rotatable bonds is 8. The molecule has 0 aliphatic carbocycles. The summed E-state index contributed by atoms with van der Waals surface area (Å²) in [6.45, 7) is 4.91. The number of nitrogens with one attached hydrogen (secondary N) is 1. The Bertz CT molecular complexity index is 828. The minimum absolute atomic E-state index is 0.237. The van der Waals surface area contributed by atoms with Crippen molar-refractivity contribution in [1.29, 1.82) is 0 Å². The topological polar surface area (TPSA) is 66.5 Å². The number of nitrogens with zero attached hydrogens (tertiary/aromatic N) is 1. The summed E-state index contributed by atoms with van der Waals surface area (Å²) in [5.74, 6) is -0.244. The Morgan fingerprint density at radius 3 is 2.00 bits per heavy atom. The van der Waals surface area contributed by atoms with Crippen molar-refractivity contribution in [2.75, 3.05) is 18.4 Å². The Morgan fingerprint density at radius 2 is 1.50 bits per heavy atom. The lowest BCUT2D eigenvalue weighted by atomic mass is 10.2. The normalized spacial score (nSPS) is 11.5. The molecule has 0 unspecified atom stereocenters. The highest BCUT2D eigenvalue weighted by molar-refractivity contribution is 9.10. The first-order valence-electron chi connectivity index (χ1n) is 8.55. The maximum absolute atomic E-state index is 12.7. The zero-order valence-corrected chi connectivity index (χ0v) is 17.3. The molecule has 0 heterocycles. The molecule has 140 valence electrons. The average molecular weight is 439 g/mol. The van der Waals surface area contributed by atoms with E-state index in [1.807, 2.05) is 13.8 Å². The van der Waals surface area contributed by atoms with E-state index in [2.05, 4.69) is 21.2 Å². The van der Waals surface area contributed by atoms with Gasteiger partial charge in [0, 0.05) is 28.8 Å². The van der Waals surface area contributed by atoms with Crippen molar-refractivity contribution in [2.45, 2.75) is 31.6 Å². The number of sulfonamides is 1. The lowest BCUT2D eigenvalue weighted by molar-refractivity contribution is 0.102. The number of benzene rings is 2. The molecule has 2 rings (SSSR count). The van der Waals surface area contributed by atoms with Crippen LogP contribution in [0.2, 0.25) is 0 Å². The molecule has 0 saturated carbocycles. The summed E-state index contributed by atoms with van der Waals surface area (Å²) >= 11 is 3.33. The van der Waals surface area contributed by atoms with E-state index < -0.39 is 10.0 Å². The highest BCUT2D eigenvalue weighted by atomic mass is 79.9. The van der Waals surface area contributed by atoms with Crippen LogP contribution in [0, 0.1) is 0 Å². The first kappa shape index (κ1) is 20.6. The van der Waals surface area contributed by atoms with Crippen LogP contribution in [0.1, 0.15) is 37.0 Å². The van der Waals surface area contributed by atoms with Crippen molar-refractivity contribution < 1.29 is 13.2 Å². The molecule has 0 aromatic heterocycles. The smallest absolute Gasteiger partial charge is 0.255 e. The van der Waals surface area contributed by atoms with Gasteiger partial charge >= 0.3 is 0 Å². The molecule has 5 nitrogen and oxygen atoms in total. The molecule has 0 bridgehead atoms. The second-order valence-electron chi connectivity index (χ2n) is 5.89. The molecule has 0 atom stereocenters. The summed E-state index contributed by atoms with van der Waals surface area (Å²) < 4.78 is 27.9. The maximum Gasteiger partial charge on any atom is 0.255 e. The molecular formula is C19H23BrN2O3S. The number of amides is 1. The molecule has 0 saturated heterocycles. The molecule has 26 heavy (non-hydrogen) atoms. The van der Waals surface area contributed by atoms with Gasteiger partial charge in [-0.25, -0.2) is 8.42 Å². The van der Waals surface area contributed by atoms with Gasteiger partial charge in [0.1, 0.15) is 0 Å². The van der Waals surface area contributed by atoms with Gasteiger partial charge in [0.25, 0.3) is 5.91 Å². The number of hydrogen-bond acceptors (Lipinski definition) is 3. The Balaban J connectivity index is 2.14. The Kier molecular flexibility index (Phi) is 7.37. The van der Waals surface area contributed by atoms with Crippen molar-refractivity contribution in [3.63, 3.8) is 0 Å². The van der Waals surface area contributed by atoms with E-state index in [1.165, 1.54) is 16.4 Å². The molecule has 1 N–H and O–H groups in total. The second-order valence-corrected chi connectivity index (χ2v) is 8.74. The van der Waals surface area contributed by atoms with Gasteiger partial charge in [-0.3, -0.25) is 4.79 Å². The molecule has 2 aromatic rings. The van der Waals surface area contributed by atoms with E-state index in [9.17, 15) is 13.2 Å². The van der Waals surface area contributed by atoms with Crippen LogP contribution in [0.25, 0.3) is 0 Å². The molecular weight excluding hydrogens is 416 g/mol. The monoisotopic (exact) mass is 438 g/mol. The van der Waals surface area contributed by atoms with Gasteiger partial charge < -0.3 is 5.32 Å². The molecule has 0 aliphatic heterocycles. The molecule has 0 radical (unpaired) electrons. The van der Waals surface area contributed by atoms with Crippen LogP contribution in [0.4, 0.5) is 5.69 Å². The number of carbonyl (C=O) groups is 1. The van der Waals surface area contributed by atoms with Gasteiger partial charge in [-0.2, -0.15) is 4.31 Å². The third-order valence-corrected chi connectivity index (χ3v) is 6.24. The highest BCUT2D eigenvalue weighted by Crippen LogP contribution is 2.20. The number of halogens is 1. The molecule has 2 aromatic carbocycles. The minimum atomic E-state index is -3.51. The van der Waals surface area contributed by atoms with E-state index >= 15 is 0 Å². The van der Waals surface area contributed by atoms with Crippen molar-refractivity contribution in [3.05, 3.63) is 58.6 Å². The SMILES string of the molecule is CCCN(CCC)S(=O)(=O)c1ccc(NC(=O)c2ccc(Br)cc2)cc1. The lowest BCUT2D eigenvalue weighted by Crippen LogP contribution is -2.32. The van der Waals surface area contributed by atoms with Gasteiger partial charge in [0.05, 0.1) is 4.90 Å². The summed E-state index contributed by atoms with van der Waals surface area (Å²) in [5, 5.41) is 2.77. The fourth-order valence-electron chi connectivity index (χ4n) is 2.51. The molecule has 0 fully saturated rings. The number of anilines is 1. The van der Waals surface area contributed by atoms with Gasteiger partial charge in [-0.05, 0) is 61.4 Å². The van der Waals surface area contributed by atoms with Gasteiger partial charge in [0.2, 0.25) is 10.0 Å². The summed E-state index contributed by atoms with van der Waals surface area (Å²) in [6.07, 6.45) is 1.53. The fraction of sp³-hybridized carbons (Fsp3) is 0.316. The van der Waals surface area contributed by atoms with Gasteiger partial charge in [-0.1, -0.05) is 29.8 Å². The predicted molar refractivity (Wildman–Crippen MR) is 108 cm³/mol. The Labute approximate surface area is 163 Å². The summed E-state index contributed by atoms with van der Waals surface area (Å²) in [4.78, 5) is 12.5.